The number of nitro groups is 1. The molecule has 0 saturated carbocycles. The summed E-state index contributed by atoms with van der Waals surface area (Å²) in [6, 6.07) is 4.87. The van der Waals surface area contributed by atoms with Crippen LogP contribution in [-0.2, 0) is 0 Å². The normalized spacial score (nSPS) is 10.2. The molecule has 2 aromatic rings. The van der Waals surface area contributed by atoms with Gasteiger partial charge in [0.05, 0.1) is 4.92 Å². The van der Waals surface area contributed by atoms with E-state index in [0.29, 0.717) is 6.29 Å². The quantitative estimate of drug-likeness (QED) is 0.483. The lowest BCUT2D eigenvalue weighted by Crippen LogP contribution is -1.96. The third kappa shape index (κ3) is 3.14. The molecule has 0 atom stereocenters. The number of rotatable bonds is 4. The van der Waals surface area contributed by atoms with Crippen LogP contribution < -0.4 is 4.74 Å². The van der Waals surface area contributed by atoms with E-state index in [4.69, 9.17) is 16.3 Å². The standard InChI is InChI=1S/C13H6ClF2NO4/c14-9-5-8(1-2-12(9)17(19)20)21-13-10(15)3-7(6-18)4-11(13)16/h1-6H. The molecule has 0 saturated heterocycles. The number of benzene rings is 2. The zero-order valence-electron chi connectivity index (χ0n) is 10.2. The zero-order chi connectivity index (χ0) is 15.6. The second-order valence-corrected chi connectivity index (χ2v) is 4.31. The second-order valence-electron chi connectivity index (χ2n) is 3.90. The van der Waals surface area contributed by atoms with E-state index in [9.17, 15) is 23.7 Å². The van der Waals surface area contributed by atoms with Gasteiger partial charge in [0, 0.05) is 17.7 Å². The molecule has 8 heteroatoms. The Labute approximate surface area is 121 Å². The van der Waals surface area contributed by atoms with E-state index in [0.717, 1.165) is 30.3 Å². The maximum Gasteiger partial charge on any atom is 0.288 e. The fourth-order valence-electron chi connectivity index (χ4n) is 1.56. The lowest BCUT2D eigenvalue weighted by molar-refractivity contribution is -0.384. The van der Waals surface area contributed by atoms with E-state index in [2.05, 4.69) is 0 Å². The number of carbonyl (C=O) groups is 1. The van der Waals surface area contributed by atoms with Gasteiger partial charge in [0.15, 0.2) is 17.4 Å². The van der Waals surface area contributed by atoms with Crippen molar-refractivity contribution < 1.29 is 23.2 Å². The number of nitrogens with zero attached hydrogens (tertiary/aromatic N) is 1. The molecule has 0 heterocycles. The van der Waals surface area contributed by atoms with Gasteiger partial charge in [-0.15, -0.1) is 0 Å². The summed E-state index contributed by atoms with van der Waals surface area (Å²) in [7, 11) is 0. The van der Waals surface area contributed by atoms with Crippen molar-refractivity contribution in [3.63, 3.8) is 0 Å². The highest BCUT2D eigenvalue weighted by atomic mass is 35.5. The van der Waals surface area contributed by atoms with Crippen LogP contribution in [0.15, 0.2) is 30.3 Å². The number of nitro benzene ring substituents is 1. The fourth-order valence-corrected chi connectivity index (χ4v) is 1.80. The first-order chi connectivity index (χ1) is 9.92. The maximum atomic E-state index is 13.6. The third-order valence-corrected chi connectivity index (χ3v) is 2.80. The van der Waals surface area contributed by atoms with Crippen LogP contribution >= 0.6 is 11.6 Å². The molecule has 0 radical (unpaired) electrons. The van der Waals surface area contributed by atoms with E-state index in [1.807, 2.05) is 0 Å². The van der Waals surface area contributed by atoms with Crippen LogP contribution in [0.1, 0.15) is 10.4 Å². The summed E-state index contributed by atoms with van der Waals surface area (Å²) in [4.78, 5) is 20.4. The molecule has 0 N–H and O–H groups in total. The highest BCUT2D eigenvalue weighted by Crippen LogP contribution is 2.33. The van der Waals surface area contributed by atoms with Crippen LogP contribution in [0.3, 0.4) is 0 Å². The molecule has 0 bridgehead atoms. The predicted molar refractivity (Wildman–Crippen MR) is 69.9 cm³/mol. The van der Waals surface area contributed by atoms with Crippen LogP contribution in [0, 0.1) is 21.7 Å². The minimum Gasteiger partial charge on any atom is -0.451 e. The average molecular weight is 314 g/mol. The monoisotopic (exact) mass is 313 g/mol. The average Bonchev–Trinajstić information content (AvgIpc) is 2.42. The molecule has 2 aromatic carbocycles. The van der Waals surface area contributed by atoms with Gasteiger partial charge in [-0.2, -0.15) is 0 Å². The van der Waals surface area contributed by atoms with Gasteiger partial charge in [-0.1, -0.05) is 11.6 Å². The highest BCUT2D eigenvalue weighted by Gasteiger charge is 2.16. The number of ether oxygens (including phenoxy) is 1. The van der Waals surface area contributed by atoms with Gasteiger partial charge in [0.25, 0.3) is 5.69 Å². The Kier molecular flexibility index (Phi) is 4.13. The number of halogens is 3. The Hall–Kier alpha value is -2.54. The van der Waals surface area contributed by atoms with E-state index in [1.54, 1.807) is 0 Å². The number of aldehydes is 1. The molecule has 0 fully saturated rings. The Morgan fingerprint density at radius 3 is 2.29 bits per heavy atom. The third-order valence-electron chi connectivity index (χ3n) is 2.49. The first-order valence-corrected chi connectivity index (χ1v) is 5.86. The molecule has 21 heavy (non-hydrogen) atoms. The Morgan fingerprint density at radius 2 is 1.81 bits per heavy atom. The minimum atomic E-state index is -1.08. The molecule has 108 valence electrons. The fraction of sp³-hybridized carbons (Fsp3) is 0. The summed E-state index contributed by atoms with van der Waals surface area (Å²) in [5.74, 6) is -2.97. The van der Waals surface area contributed by atoms with E-state index in [-0.39, 0.29) is 22.0 Å². The summed E-state index contributed by atoms with van der Waals surface area (Å²) >= 11 is 5.66. The zero-order valence-corrected chi connectivity index (χ0v) is 10.9. The molecule has 0 aromatic heterocycles. The van der Waals surface area contributed by atoms with Crippen molar-refractivity contribution in [1.82, 2.24) is 0 Å². The minimum absolute atomic E-state index is 0.0812. The Morgan fingerprint density at radius 1 is 1.19 bits per heavy atom. The van der Waals surface area contributed by atoms with Crippen LogP contribution in [0.5, 0.6) is 11.5 Å². The first-order valence-electron chi connectivity index (χ1n) is 5.48. The van der Waals surface area contributed by atoms with Crippen molar-refractivity contribution in [2.24, 2.45) is 0 Å². The summed E-state index contributed by atoms with van der Waals surface area (Å²) < 4.78 is 32.2. The van der Waals surface area contributed by atoms with Gasteiger partial charge in [0.2, 0.25) is 0 Å². The number of hydrogen-bond acceptors (Lipinski definition) is 4. The lowest BCUT2D eigenvalue weighted by atomic mass is 10.2. The predicted octanol–water partition coefficient (Wildman–Crippen LogP) is 4.13. The van der Waals surface area contributed by atoms with Crippen molar-refractivity contribution in [3.05, 3.63) is 62.7 Å². The van der Waals surface area contributed by atoms with Gasteiger partial charge < -0.3 is 4.74 Å². The highest BCUT2D eigenvalue weighted by molar-refractivity contribution is 6.32. The molecule has 0 unspecified atom stereocenters. The second kappa shape index (κ2) is 5.84. The molecule has 0 amide bonds. The molecular weight excluding hydrogens is 308 g/mol. The molecule has 0 aliphatic carbocycles. The number of carbonyl (C=O) groups excluding carboxylic acids is 1. The maximum absolute atomic E-state index is 13.6. The van der Waals surface area contributed by atoms with Gasteiger partial charge in [0.1, 0.15) is 17.1 Å². The van der Waals surface area contributed by atoms with Gasteiger partial charge in [-0.25, -0.2) is 8.78 Å². The summed E-state index contributed by atoms with van der Waals surface area (Å²) in [6.45, 7) is 0. The van der Waals surface area contributed by atoms with E-state index < -0.39 is 22.3 Å². The van der Waals surface area contributed by atoms with Crippen LogP contribution in [0.2, 0.25) is 5.02 Å². The molecule has 0 spiro atoms. The van der Waals surface area contributed by atoms with Crippen LogP contribution in [-0.4, -0.2) is 11.2 Å². The van der Waals surface area contributed by atoms with Gasteiger partial charge in [-0.3, -0.25) is 14.9 Å². The molecular formula is C13H6ClF2NO4. The lowest BCUT2D eigenvalue weighted by Gasteiger charge is -2.08. The molecule has 2 rings (SSSR count). The molecule has 0 aliphatic rings. The first kappa shape index (κ1) is 14.9. The van der Waals surface area contributed by atoms with Crippen molar-refractivity contribution in [2.75, 3.05) is 0 Å². The summed E-state index contributed by atoms with van der Waals surface area (Å²) in [6.07, 6.45) is 0.290. The van der Waals surface area contributed by atoms with Crippen molar-refractivity contribution in [2.45, 2.75) is 0 Å². The summed E-state index contributed by atoms with van der Waals surface area (Å²) in [5.41, 5.74) is -0.541. The van der Waals surface area contributed by atoms with Crippen molar-refractivity contribution >= 4 is 23.6 Å². The van der Waals surface area contributed by atoms with Crippen molar-refractivity contribution in [1.29, 1.82) is 0 Å². The van der Waals surface area contributed by atoms with E-state index in [1.165, 1.54) is 0 Å². The Balaban J connectivity index is 2.37. The van der Waals surface area contributed by atoms with E-state index >= 15 is 0 Å². The Bertz CT molecular complexity index is 713. The smallest absolute Gasteiger partial charge is 0.288 e. The largest absolute Gasteiger partial charge is 0.451 e. The summed E-state index contributed by atoms with van der Waals surface area (Å²) in [5, 5.41) is 10.4. The molecule has 5 nitrogen and oxygen atoms in total. The topological polar surface area (TPSA) is 69.4 Å². The van der Waals surface area contributed by atoms with Crippen molar-refractivity contribution in [3.8, 4) is 11.5 Å². The van der Waals surface area contributed by atoms with Gasteiger partial charge in [-0.05, 0) is 18.2 Å². The number of hydrogen-bond donors (Lipinski definition) is 0. The van der Waals surface area contributed by atoms with Crippen LogP contribution in [0.25, 0.3) is 0 Å². The SMILES string of the molecule is O=Cc1cc(F)c(Oc2ccc([N+](=O)[O-])c(Cl)c2)c(F)c1. The molecule has 0 aliphatic heterocycles. The van der Waals surface area contributed by atoms with Crippen LogP contribution in [0.4, 0.5) is 14.5 Å². The van der Waals surface area contributed by atoms with Gasteiger partial charge >= 0.3 is 0 Å².